The second-order valence-corrected chi connectivity index (χ2v) is 4.98. The molecule has 0 atom stereocenters. The largest absolute Gasteiger partial charge is 0.444 e. The first-order valence-electron chi connectivity index (χ1n) is 5.50. The Kier molecular flexibility index (Phi) is 3.98. The lowest BCUT2D eigenvalue weighted by Gasteiger charge is -2.37. The molecule has 6 heteroatoms. The Bertz CT molecular complexity index is 338. The Morgan fingerprint density at radius 1 is 1.47 bits per heavy atom. The molecule has 0 bridgehead atoms. The molecule has 1 aliphatic heterocycles. The zero-order chi connectivity index (χ0) is 13.1. The van der Waals surface area contributed by atoms with E-state index in [0.29, 0.717) is 18.8 Å². The number of amides is 1. The normalized spacial score (nSPS) is 18.3. The van der Waals surface area contributed by atoms with Crippen LogP contribution in [0.15, 0.2) is 16.9 Å². The van der Waals surface area contributed by atoms with Crippen LogP contribution in [0.5, 0.6) is 0 Å². The van der Waals surface area contributed by atoms with Crippen molar-refractivity contribution < 1.29 is 9.53 Å². The number of rotatable bonds is 2. The summed E-state index contributed by atoms with van der Waals surface area (Å²) in [6.07, 6.45) is 2.50. The van der Waals surface area contributed by atoms with E-state index < -0.39 is 5.60 Å². The minimum absolute atomic E-state index is 0.0843. The van der Waals surface area contributed by atoms with E-state index in [0.717, 1.165) is 0 Å². The minimum Gasteiger partial charge on any atom is -0.444 e. The molecule has 1 amide bonds. The molecule has 0 aliphatic carbocycles. The van der Waals surface area contributed by atoms with Gasteiger partial charge in [0.25, 0.3) is 0 Å². The Morgan fingerprint density at radius 2 is 2.06 bits per heavy atom. The van der Waals surface area contributed by atoms with Gasteiger partial charge < -0.3 is 21.1 Å². The third kappa shape index (κ3) is 4.34. The van der Waals surface area contributed by atoms with Crippen molar-refractivity contribution in [3.05, 3.63) is 11.9 Å². The van der Waals surface area contributed by atoms with Crippen LogP contribution in [0.25, 0.3) is 0 Å². The maximum absolute atomic E-state index is 11.6. The van der Waals surface area contributed by atoms with Gasteiger partial charge >= 0.3 is 6.09 Å². The molecule has 1 heterocycles. The maximum atomic E-state index is 11.6. The molecule has 4 N–H and O–H groups in total. The number of ether oxygens (including phenoxy) is 1. The molecule has 0 aromatic carbocycles. The first-order valence-corrected chi connectivity index (χ1v) is 5.50. The summed E-state index contributed by atoms with van der Waals surface area (Å²) in [6, 6.07) is 0.0843. The second-order valence-electron chi connectivity index (χ2n) is 4.98. The van der Waals surface area contributed by atoms with Crippen LogP contribution in [-0.2, 0) is 4.74 Å². The Balaban J connectivity index is 2.32. The van der Waals surface area contributed by atoms with Crippen LogP contribution in [0.4, 0.5) is 4.79 Å². The topological polar surface area (TPSA) is 93.9 Å². The van der Waals surface area contributed by atoms with Gasteiger partial charge in [0.15, 0.2) is 0 Å². The highest BCUT2D eigenvalue weighted by Gasteiger charge is 2.33. The SMILES string of the molecule is CC(C)(C)OC(=O)N1CC(N=C/C(N)=C\N)C1. The van der Waals surface area contributed by atoms with Gasteiger partial charge in [-0.05, 0) is 20.8 Å². The fourth-order valence-corrected chi connectivity index (χ4v) is 1.26. The predicted octanol–water partition coefficient (Wildman–Crippen LogP) is 0.435. The quantitative estimate of drug-likeness (QED) is 0.684. The van der Waals surface area contributed by atoms with Gasteiger partial charge in [-0.15, -0.1) is 0 Å². The summed E-state index contributed by atoms with van der Waals surface area (Å²) in [5, 5.41) is 0. The molecule has 6 nitrogen and oxygen atoms in total. The highest BCUT2D eigenvalue weighted by molar-refractivity contribution is 5.77. The monoisotopic (exact) mass is 240 g/mol. The van der Waals surface area contributed by atoms with Gasteiger partial charge in [0, 0.05) is 25.5 Å². The van der Waals surface area contributed by atoms with Crippen molar-refractivity contribution in [1.29, 1.82) is 0 Å². The second kappa shape index (κ2) is 5.07. The van der Waals surface area contributed by atoms with Crippen molar-refractivity contribution in [2.75, 3.05) is 13.1 Å². The molecule has 0 saturated carbocycles. The molecule has 0 aromatic heterocycles. The first kappa shape index (κ1) is 13.3. The predicted molar refractivity (Wildman–Crippen MR) is 66.5 cm³/mol. The summed E-state index contributed by atoms with van der Waals surface area (Å²) in [6.45, 7) is 6.64. The smallest absolute Gasteiger partial charge is 0.410 e. The molecule has 0 radical (unpaired) electrons. The molecule has 1 rings (SSSR count). The summed E-state index contributed by atoms with van der Waals surface area (Å²) >= 11 is 0. The van der Waals surface area contributed by atoms with Crippen LogP contribution < -0.4 is 11.5 Å². The van der Waals surface area contributed by atoms with Crippen molar-refractivity contribution in [1.82, 2.24) is 4.90 Å². The maximum Gasteiger partial charge on any atom is 0.410 e. The molecule has 17 heavy (non-hydrogen) atoms. The highest BCUT2D eigenvalue weighted by Crippen LogP contribution is 2.16. The summed E-state index contributed by atoms with van der Waals surface area (Å²) in [7, 11) is 0. The van der Waals surface area contributed by atoms with E-state index in [1.54, 1.807) is 4.90 Å². The van der Waals surface area contributed by atoms with E-state index in [2.05, 4.69) is 4.99 Å². The number of likely N-dealkylation sites (tertiary alicyclic amines) is 1. The van der Waals surface area contributed by atoms with Gasteiger partial charge in [-0.2, -0.15) is 0 Å². The third-order valence-electron chi connectivity index (χ3n) is 2.14. The minimum atomic E-state index is -0.460. The molecule has 1 aliphatic rings. The van der Waals surface area contributed by atoms with Crippen molar-refractivity contribution in [2.45, 2.75) is 32.4 Å². The molecular formula is C11H20N4O2. The van der Waals surface area contributed by atoms with Crippen LogP contribution in [0, 0.1) is 0 Å². The third-order valence-corrected chi connectivity index (χ3v) is 2.14. The molecule has 96 valence electrons. The van der Waals surface area contributed by atoms with Crippen molar-refractivity contribution in [2.24, 2.45) is 16.5 Å². The molecule has 1 fully saturated rings. The average Bonchev–Trinajstić information content (AvgIpc) is 2.11. The van der Waals surface area contributed by atoms with Crippen LogP contribution in [0.3, 0.4) is 0 Å². The lowest BCUT2D eigenvalue weighted by molar-refractivity contribution is 0.00911. The molecule has 0 spiro atoms. The number of hydrogen-bond donors (Lipinski definition) is 2. The van der Waals surface area contributed by atoms with E-state index in [4.69, 9.17) is 16.2 Å². The van der Waals surface area contributed by atoms with Gasteiger partial charge in [0.2, 0.25) is 0 Å². The first-order chi connectivity index (χ1) is 7.81. The van der Waals surface area contributed by atoms with Crippen molar-refractivity contribution in [3.8, 4) is 0 Å². The summed E-state index contributed by atoms with van der Waals surface area (Å²) in [5.74, 6) is 0. The standard InChI is InChI=1S/C11H20N4O2/c1-11(2,3)17-10(16)15-6-9(7-15)14-5-8(13)4-12/h4-5,9H,6-7,12-13H2,1-3H3/b8-4+,14-5?. The fraction of sp³-hybridized carbons (Fsp3) is 0.636. The van der Waals surface area contributed by atoms with Crippen LogP contribution >= 0.6 is 0 Å². The van der Waals surface area contributed by atoms with E-state index in [1.165, 1.54) is 12.4 Å². The Hall–Kier alpha value is -1.72. The summed E-state index contributed by atoms with van der Waals surface area (Å²) in [5.41, 5.74) is 10.6. The average molecular weight is 240 g/mol. The van der Waals surface area contributed by atoms with E-state index >= 15 is 0 Å². The highest BCUT2D eigenvalue weighted by atomic mass is 16.6. The number of carbonyl (C=O) groups excluding carboxylic acids is 1. The van der Waals surface area contributed by atoms with Gasteiger partial charge in [-0.3, -0.25) is 4.99 Å². The number of nitrogens with two attached hydrogens (primary N) is 2. The number of allylic oxidation sites excluding steroid dienone is 1. The van der Waals surface area contributed by atoms with Crippen LogP contribution in [0.1, 0.15) is 20.8 Å². The lowest BCUT2D eigenvalue weighted by atomic mass is 10.1. The Labute approximate surface area is 101 Å². The van der Waals surface area contributed by atoms with Crippen LogP contribution in [0.2, 0.25) is 0 Å². The lowest BCUT2D eigenvalue weighted by Crippen LogP contribution is -2.54. The van der Waals surface area contributed by atoms with E-state index in [1.807, 2.05) is 20.8 Å². The van der Waals surface area contributed by atoms with Crippen molar-refractivity contribution >= 4 is 12.3 Å². The van der Waals surface area contributed by atoms with Gasteiger partial charge in [0.05, 0.1) is 11.7 Å². The number of hydrogen-bond acceptors (Lipinski definition) is 5. The van der Waals surface area contributed by atoms with Gasteiger partial charge in [0.1, 0.15) is 5.60 Å². The zero-order valence-electron chi connectivity index (χ0n) is 10.5. The molecule has 0 unspecified atom stereocenters. The Morgan fingerprint density at radius 3 is 2.53 bits per heavy atom. The molecule has 0 aromatic rings. The number of carbonyl (C=O) groups is 1. The fourth-order valence-electron chi connectivity index (χ4n) is 1.26. The van der Waals surface area contributed by atoms with Crippen molar-refractivity contribution in [3.63, 3.8) is 0 Å². The van der Waals surface area contributed by atoms with Gasteiger partial charge in [-0.1, -0.05) is 0 Å². The number of aliphatic imine (C=N–C) groups is 1. The van der Waals surface area contributed by atoms with E-state index in [9.17, 15) is 4.79 Å². The summed E-state index contributed by atoms with van der Waals surface area (Å²) in [4.78, 5) is 17.4. The van der Waals surface area contributed by atoms with E-state index in [-0.39, 0.29) is 12.1 Å². The molecule has 1 saturated heterocycles. The zero-order valence-corrected chi connectivity index (χ0v) is 10.5. The van der Waals surface area contributed by atoms with Crippen LogP contribution in [-0.4, -0.2) is 41.9 Å². The number of nitrogens with zero attached hydrogens (tertiary/aromatic N) is 2. The summed E-state index contributed by atoms with van der Waals surface area (Å²) < 4.78 is 5.22. The van der Waals surface area contributed by atoms with Gasteiger partial charge in [-0.25, -0.2) is 4.79 Å². The molecular weight excluding hydrogens is 220 g/mol.